The Morgan fingerprint density at radius 3 is 2.48 bits per heavy atom. The maximum absolute atomic E-state index is 12.2. The number of halogens is 1. The highest BCUT2D eigenvalue weighted by Crippen LogP contribution is 2.21. The zero-order valence-corrected chi connectivity index (χ0v) is 13.3. The van der Waals surface area contributed by atoms with Crippen molar-refractivity contribution in [1.29, 1.82) is 0 Å². The van der Waals surface area contributed by atoms with Gasteiger partial charge in [0.1, 0.15) is 0 Å². The van der Waals surface area contributed by atoms with E-state index in [9.17, 15) is 8.42 Å². The van der Waals surface area contributed by atoms with Gasteiger partial charge in [0.25, 0.3) is 0 Å². The van der Waals surface area contributed by atoms with Crippen LogP contribution < -0.4 is 4.72 Å². The summed E-state index contributed by atoms with van der Waals surface area (Å²) in [6, 6.07) is 13.5. The van der Waals surface area contributed by atoms with Crippen molar-refractivity contribution < 1.29 is 8.42 Å². The van der Waals surface area contributed by atoms with E-state index >= 15 is 0 Å². The van der Waals surface area contributed by atoms with E-state index in [4.69, 9.17) is 11.6 Å². The van der Waals surface area contributed by atoms with Crippen LogP contribution in [0.5, 0.6) is 0 Å². The molecule has 1 heterocycles. The molecule has 0 saturated carbocycles. The molecule has 2 N–H and O–H groups in total. The maximum Gasteiger partial charge on any atom is 0.236 e. The molecule has 0 atom stereocenters. The minimum Gasteiger partial charge on any atom is -0.283 e. The molecule has 3 aromatic rings. The first kappa shape index (κ1) is 15.4. The normalized spacial score (nSPS) is 11.3. The predicted molar refractivity (Wildman–Crippen MR) is 87.3 cm³/mol. The molecule has 0 spiro atoms. The van der Waals surface area contributed by atoms with Crippen LogP contribution >= 0.6 is 11.6 Å². The average molecular weight is 350 g/mol. The molecular formula is C14H12ClN5O2S. The van der Waals surface area contributed by atoms with E-state index in [0.29, 0.717) is 22.1 Å². The van der Waals surface area contributed by atoms with Gasteiger partial charge in [0, 0.05) is 16.3 Å². The number of tetrazole rings is 1. The summed E-state index contributed by atoms with van der Waals surface area (Å²) >= 11 is 6.00. The zero-order valence-electron chi connectivity index (χ0n) is 11.8. The van der Waals surface area contributed by atoms with Gasteiger partial charge in [-0.1, -0.05) is 29.8 Å². The quantitative estimate of drug-likeness (QED) is 0.736. The fraction of sp³-hybridized carbons (Fsp3) is 0.0714. The van der Waals surface area contributed by atoms with Gasteiger partial charge in [-0.25, -0.2) is 8.42 Å². The number of hydrogen-bond donors (Lipinski definition) is 2. The fourth-order valence-corrected chi connectivity index (χ4v) is 3.52. The SMILES string of the molecule is O=S(=O)(Cc1ccccc1Cl)Nc1ccc(-c2nn[nH]n2)cc1. The molecule has 0 unspecified atom stereocenters. The second kappa shape index (κ2) is 6.35. The highest BCUT2D eigenvalue weighted by atomic mass is 35.5. The third-order valence-electron chi connectivity index (χ3n) is 3.07. The van der Waals surface area contributed by atoms with Gasteiger partial charge in [0.2, 0.25) is 15.8 Å². The summed E-state index contributed by atoms with van der Waals surface area (Å²) in [6.07, 6.45) is 0. The Bertz CT molecular complexity index is 895. The zero-order chi connectivity index (χ0) is 16.3. The molecule has 23 heavy (non-hydrogen) atoms. The minimum atomic E-state index is -3.56. The lowest BCUT2D eigenvalue weighted by molar-refractivity contribution is 0.600. The second-order valence-electron chi connectivity index (χ2n) is 4.77. The van der Waals surface area contributed by atoms with Gasteiger partial charge in [-0.05, 0) is 41.1 Å². The number of aromatic nitrogens is 4. The first-order valence-corrected chi connectivity index (χ1v) is 8.64. The molecule has 118 valence electrons. The predicted octanol–water partition coefficient (Wildman–Crippen LogP) is 2.46. The van der Waals surface area contributed by atoms with Crippen molar-refractivity contribution in [3.05, 3.63) is 59.1 Å². The Kier molecular flexibility index (Phi) is 4.26. The van der Waals surface area contributed by atoms with Crippen molar-refractivity contribution in [2.75, 3.05) is 4.72 Å². The number of H-pyrrole nitrogens is 1. The standard InChI is InChI=1S/C14H12ClN5O2S/c15-13-4-2-1-3-11(13)9-23(21,22)18-12-7-5-10(6-8-12)14-16-19-20-17-14/h1-8,18H,9H2,(H,16,17,19,20). The summed E-state index contributed by atoms with van der Waals surface area (Å²) in [6.45, 7) is 0. The first-order chi connectivity index (χ1) is 11.0. The summed E-state index contributed by atoms with van der Waals surface area (Å²) in [5.41, 5.74) is 1.72. The largest absolute Gasteiger partial charge is 0.283 e. The maximum atomic E-state index is 12.2. The monoisotopic (exact) mass is 349 g/mol. The van der Waals surface area contributed by atoms with Crippen molar-refractivity contribution >= 4 is 27.3 Å². The lowest BCUT2D eigenvalue weighted by atomic mass is 10.2. The molecule has 0 aliphatic rings. The number of anilines is 1. The van der Waals surface area contributed by atoms with Crippen LogP contribution in [0.3, 0.4) is 0 Å². The number of aromatic amines is 1. The third kappa shape index (κ3) is 3.85. The van der Waals surface area contributed by atoms with E-state index in [1.165, 1.54) is 0 Å². The van der Waals surface area contributed by atoms with Gasteiger partial charge in [-0.15, -0.1) is 10.2 Å². The van der Waals surface area contributed by atoms with Crippen molar-refractivity contribution in [2.24, 2.45) is 0 Å². The van der Waals surface area contributed by atoms with Crippen LogP contribution in [-0.2, 0) is 15.8 Å². The third-order valence-corrected chi connectivity index (χ3v) is 4.67. The Hall–Kier alpha value is -2.45. The van der Waals surface area contributed by atoms with Crippen LogP contribution in [0.2, 0.25) is 5.02 Å². The smallest absolute Gasteiger partial charge is 0.236 e. The molecule has 0 amide bonds. The summed E-state index contributed by atoms with van der Waals surface area (Å²) in [5, 5.41) is 14.0. The van der Waals surface area contributed by atoms with Gasteiger partial charge in [0.05, 0.1) is 5.75 Å². The van der Waals surface area contributed by atoms with Crippen molar-refractivity contribution in [2.45, 2.75) is 5.75 Å². The number of rotatable bonds is 5. The van der Waals surface area contributed by atoms with Crippen LogP contribution in [0.1, 0.15) is 5.56 Å². The lowest BCUT2D eigenvalue weighted by Crippen LogP contribution is -2.15. The molecule has 7 nitrogen and oxygen atoms in total. The van der Waals surface area contributed by atoms with E-state index in [-0.39, 0.29) is 5.75 Å². The van der Waals surface area contributed by atoms with E-state index < -0.39 is 10.0 Å². The van der Waals surface area contributed by atoms with Crippen LogP contribution in [0.4, 0.5) is 5.69 Å². The number of sulfonamides is 1. The molecule has 3 rings (SSSR count). The number of benzene rings is 2. The molecule has 0 aliphatic heterocycles. The highest BCUT2D eigenvalue weighted by Gasteiger charge is 2.14. The Morgan fingerprint density at radius 2 is 1.83 bits per heavy atom. The summed E-state index contributed by atoms with van der Waals surface area (Å²) in [7, 11) is -3.56. The summed E-state index contributed by atoms with van der Waals surface area (Å²) in [4.78, 5) is 0. The van der Waals surface area contributed by atoms with Gasteiger partial charge < -0.3 is 0 Å². The summed E-state index contributed by atoms with van der Waals surface area (Å²) < 4.78 is 27.0. The van der Waals surface area contributed by atoms with Gasteiger partial charge in [-0.2, -0.15) is 5.21 Å². The van der Waals surface area contributed by atoms with E-state index in [2.05, 4.69) is 25.3 Å². The Morgan fingerprint density at radius 1 is 1.09 bits per heavy atom. The second-order valence-corrected chi connectivity index (χ2v) is 6.89. The van der Waals surface area contributed by atoms with Crippen molar-refractivity contribution in [1.82, 2.24) is 20.6 Å². The molecule has 0 saturated heterocycles. The average Bonchev–Trinajstić information content (AvgIpc) is 3.04. The highest BCUT2D eigenvalue weighted by molar-refractivity contribution is 7.91. The van der Waals surface area contributed by atoms with Crippen LogP contribution in [-0.4, -0.2) is 29.0 Å². The molecule has 2 aromatic carbocycles. The van der Waals surface area contributed by atoms with Gasteiger partial charge >= 0.3 is 0 Å². The number of nitrogens with one attached hydrogen (secondary N) is 2. The van der Waals surface area contributed by atoms with E-state index in [1.807, 2.05) is 0 Å². The molecule has 0 fully saturated rings. The molecule has 9 heteroatoms. The Balaban J connectivity index is 1.74. The van der Waals surface area contributed by atoms with Crippen molar-refractivity contribution in [3.8, 4) is 11.4 Å². The van der Waals surface area contributed by atoms with E-state index in [1.54, 1.807) is 48.5 Å². The fourth-order valence-electron chi connectivity index (χ4n) is 2.01. The van der Waals surface area contributed by atoms with E-state index in [0.717, 1.165) is 5.56 Å². The Labute approximate surface area is 137 Å². The van der Waals surface area contributed by atoms with Crippen molar-refractivity contribution in [3.63, 3.8) is 0 Å². The summed E-state index contributed by atoms with van der Waals surface area (Å²) in [5.74, 6) is 0.245. The molecule has 1 aromatic heterocycles. The number of hydrogen-bond acceptors (Lipinski definition) is 5. The lowest BCUT2D eigenvalue weighted by Gasteiger charge is -2.09. The van der Waals surface area contributed by atoms with Crippen LogP contribution in [0, 0.1) is 0 Å². The molecule has 0 aliphatic carbocycles. The molecule has 0 bridgehead atoms. The molecule has 0 radical (unpaired) electrons. The van der Waals surface area contributed by atoms with Crippen LogP contribution in [0.25, 0.3) is 11.4 Å². The topological polar surface area (TPSA) is 101 Å². The first-order valence-electron chi connectivity index (χ1n) is 6.61. The minimum absolute atomic E-state index is 0.195. The molecular weight excluding hydrogens is 338 g/mol. The van der Waals surface area contributed by atoms with Crippen LogP contribution in [0.15, 0.2) is 48.5 Å². The van der Waals surface area contributed by atoms with Gasteiger partial charge in [-0.3, -0.25) is 4.72 Å². The number of nitrogens with zero attached hydrogens (tertiary/aromatic N) is 3. The van der Waals surface area contributed by atoms with Gasteiger partial charge in [0.15, 0.2) is 0 Å².